The van der Waals surface area contributed by atoms with E-state index in [0.29, 0.717) is 0 Å². The Balaban J connectivity index is 2.10. The van der Waals surface area contributed by atoms with Gasteiger partial charge in [-0.2, -0.15) is 0 Å². The number of halogens is 2. The van der Waals surface area contributed by atoms with E-state index in [0.717, 1.165) is 12.2 Å². The molecule has 0 amide bonds. The molecule has 17 heavy (non-hydrogen) atoms. The lowest BCUT2D eigenvalue weighted by Gasteiger charge is -2.19. The van der Waals surface area contributed by atoms with Gasteiger partial charge in [-0.3, -0.25) is 0 Å². The Hall–Kier alpha value is -0.0400. The van der Waals surface area contributed by atoms with Crippen molar-refractivity contribution in [3.8, 4) is 5.75 Å². The zero-order valence-corrected chi connectivity index (χ0v) is 14.2. The van der Waals surface area contributed by atoms with Crippen LogP contribution in [0.2, 0.25) is 0 Å². The van der Waals surface area contributed by atoms with Crippen molar-refractivity contribution in [1.29, 1.82) is 0 Å². The van der Waals surface area contributed by atoms with Crippen LogP contribution < -0.4 is 4.74 Å². The van der Waals surface area contributed by atoms with Crippen molar-refractivity contribution in [1.82, 2.24) is 0 Å². The first-order valence-corrected chi connectivity index (χ1v) is 7.69. The molecular weight excluding hydrogens is 438 g/mol. The van der Waals surface area contributed by atoms with Crippen LogP contribution in [0.5, 0.6) is 5.75 Å². The predicted molar refractivity (Wildman–Crippen MR) is 88.8 cm³/mol. The first-order valence-electron chi connectivity index (χ1n) is 5.53. The average molecular weight is 452 g/mol. The molecule has 3 heteroatoms. The number of rotatable bonds is 2. The van der Waals surface area contributed by atoms with Gasteiger partial charge in [-0.15, -0.1) is 0 Å². The van der Waals surface area contributed by atoms with E-state index in [4.69, 9.17) is 4.74 Å². The van der Waals surface area contributed by atoms with Crippen molar-refractivity contribution in [2.24, 2.45) is 0 Å². The number of allylic oxidation sites excluding steroid dienone is 2. The molecule has 0 saturated heterocycles. The summed E-state index contributed by atoms with van der Waals surface area (Å²) in [6, 6.07) is 6.25. The van der Waals surface area contributed by atoms with Crippen molar-refractivity contribution >= 4 is 45.2 Å². The fraction of sp³-hybridized carbons (Fsp3) is 0.286. The fourth-order valence-electron chi connectivity index (χ4n) is 1.75. The molecule has 0 saturated carbocycles. The second-order valence-corrected chi connectivity index (χ2v) is 6.53. The molecule has 2 rings (SSSR count). The summed E-state index contributed by atoms with van der Waals surface area (Å²) in [5.74, 6) is 0.960. The van der Waals surface area contributed by atoms with Crippen molar-refractivity contribution in [2.75, 3.05) is 0 Å². The van der Waals surface area contributed by atoms with E-state index in [1.165, 1.54) is 18.3 Å². The van der Waals surface area contributed by atoms with Crippen LogP contribution in [0, 0.1) is 10.5 Å². The van der Waals surface area contributed by atoms with Crippen LogP contribution in [-0.2, 0) is 0 Å². The van der Waals surface area contributed by atoms with E-state index >= 15 is 0 Å². The number of benzene rings is 1. The third kappa shape index (κ3) is 3.47. The summed E-state index contributed by atoms with van der Waals surface area (Å²) in [6.45, 7) is 4.24. The summed E-state index contributed by atoms with van der Waals surface area (Å²) in [5.41, 5.74) is 2.58. The lowest BCUT2D eigenvalue weighted by molar-refractivity contribution is 0.250. The Morgan fingerprint density at radius 2 is 2.00 bits per heavy atom. The highest BCUT2D eigenvalue weighted by Crippen LogP contribution is 2.27. The maximum Gasteiger partial charge on any atom is 0.121 e. The number of hydrogen-bond acceptors (Lipinski definition) is 1. The van der Waals surface area contributed by atoms with E-state index in [9.17, 15) is 0 Å². The summed E-state index contributed by atoms with van der Waals surface area (Å²) < 4.78 is 8.59. The molecule has 0 aromatic heterocycles. The van der Waals surface area contributed by atoms with E-state index in [-0.39, 0.29) is 6.10 Å². The fourth-order valence-corrected chi connectivity index (χ4v) is 2.52. The van der Waals surface area contributed by atoms with Gasteiger partial charge >= 0.3 is 0 Å². The summed E-state index contributed by atoms with van der Waals surface area (Å²) in [4.78, 5) is 0. The molecule has 0 fully saturated rings. The maximum atomic E-state index is 5.98. The number of ether oxygens (including phenoxy) is 1. The molecule has 1 aromatic rings. The minimum Gasteiger partial charge on any atom is -0.486 e. The molecule has 1 unspecified atom stereocenters. The Morgan fingerprint density at radius 1 is 1.24 bits per heavy atom. The monoisotopic (exact) mass is 452 g/mol. The highest BCUT2D eigenvalue weighted by Gasteiger charge is 2.13. The van der Waals surface area contributed by atoms with Crippen LogP contribution in [0.25, 0.3) is 0 Å². The second-order valence-electron chi connectivity index (χ2n) is 4.20. The minimum atomic E-state index is 0.174. The molecule has 0 radical (unpaired) electrons. The molecule has 1 aliphatic rings. The molecule has 0 bridgehead atoms. The molecule has 0 heterocycles. The highest BCUT2D eigenvalue weighted by atomic mass is 127. The molecule has 0 N–H and O–H groups in total. The molecule has 1 aliphatic carbocycles. The largest absolute Gasteiger partial charge is 0.486 e. The lowest BCUT2D eigenvalue weighted by atomic mass is 10.1. The third-order valence-electron chi connectivity index (χ3n) is 2.76. The van der Waals surface area contributed by atoms with Crippen LogP contribution in [0.15, 0.2) is 39.5 Å². The Labute approximate surface area is 130 Å². The summed E-state index contributed by atoms with van der Waals surface area (Å²) in [5, 5.41) is 0. The third-order valence-corrected chi connectivity index (χ3v) is 5.26. The van der Waals surface area contributed by atoms with E-state index in [2.05, 4.69) is 83.3 Å². The normalized spacial score (nSPS) is 19.6. The van der Waals surface area contributed by atoms with Gasteiger partial charge in [-0.25, -0.2) is 0 Å². The topological polar surface area (TPSA) is 9.23 Å². The molecule has 90 valence electrons. The van der Waals surface area contributed by atoms with Crippen LogP contribution in [0.3, 0.4) is 0 Å². The van der Waals surface area contributed by atoms with Gasteiger partial charge in [0.05, 0.1) is 0 Å². The Kier molecular flexibility index (Phi) is 4.52. The van der Waals surface area contributed by atoms with Crippen molar-refractivity contribution in [3.63, 3.8) is 0 Å². The van der Waals surface area contributed by atoms with Crippen molar-refractivity contribution in [3.05, 3.63) is 48.6 Å². The van der Waals surface area contributed by atoms with Crippen LogP contribution in [0.1, 0.15) is 18.9 Å². The summed E-state index contributed by atoms with van der Waals surface area (Å²) in [7, 11) is 0. The van der Waals surface area contributed by atoms with E-state index < -0.39 is 0 Å². The van der Waals surface area contributed by atoms with Gasteiger partial charge in [0.15, 0.2) is 0 Å². The first kappa shape index (κ1) is 13.4. The van der Waals surface area contributed by atoms with Gasteiger partial charge < -0.3 is 4.74 Å². The minimum absolute atomic E-state index is 0.174. The predicted octanol–water partition coefficient (Wildman–Crippen LogP) is 5.02. The molecule has 1 nitrogen and oxygen atoms in total. The van der Waals surface area contributed by atoms with Crippen molar-refractivity contribution < 1.29 is 4.74 Å². The van der Waals surface area contributed by atoms with Crippen LogP contribution in [0.4, 0.5) is 0 Å². The SMILES string of the molecule is CC1=CC(Oc2ccc(I)c(C)c2)CC=C1I. The van der Waals surface area contributed by atoms with Gasteiger partial charge in [0.1, 0.15) is 11.9 Å². The van der Waals surface area contributed by atoms with Gasteiger partial charge in [0, 0.05) is 13.6 Å². The zero-order chi connectivity index (χ0) is 12.4. The maximum absolute atomic E-state index is 5.98. The zero-order valence-electron chi connectivity index (χ0n) is 9.84. The molecule has 0 spiro atoms. The van der Waals surface area contributed by atoms with Crippen molar-refractivity contribution in [2.45, 2.75) is 26.4 Å². The van der Waals surface area contributed by atoms with E-state index in [1.54, 1.807) is 0 Å². The smallest absolute Gasteiger partial charge is 0.121 e. The standard InChI is InChI=1S/C14H14I2O/c1-9-7-11(3-5-13(9)15)17-12-4-6-14(16)10(2)8-12/h3,5-8,12H,4H2,1-2H3. The Morgan fingerprint density at radius 3 is 2.65 bits per heavy atom. The van der Waals surface area contributed by atoms with E-state index in [1.807, 2.05) is 6.07 Å². The average Bonchev–Trinajstić information content (AvgIpc) is 2.29. The quantitative estimate of drug-likeness (QED) is 0.574. The van der Waals surface area contributed by atoms with Gasteiger partial charge in [0.25, 0.3) is 0 Å². The van der Waals surface area contributed by atoms with Crippen LogP contribution >= 0.6 is 45.2 Å². The molecular formula is C14H14I2O. The highest BCUT2D eigenvalue weighted by molar-refractivity contribution is 14.1. The summed E-state index contributed by atoms with van der Waals surface area (Å²) in [6.07, 6.45) is 5.57. The van der Waals surface area contributed by atoms with Gasteiger partial charge in [-0.05, 0) is 94.4 Å². The number of aryl methyl sites for hydroxylation is 1. The summed E-state index contributed by atoms with van der Waals surface area (Å²) >= 11 is 4.71. The molecule has 0 aliphatic heterocycles. The second kappa shape index (κ2) is 5.73. The Bertz CT molecular complexity index is 489. The number of hydrogen-bond donors (Lipinski definition) is 0. The van der Waals surface area contributed by atoms with Gasteiger partial charge in [-0.1, -0.05) is 6.08 Å². The first-order chi connectivity index (χ1) is 8.06. The van der Waals surface area contributed by atoms with Gasteiger partial charge in [0.2, 0.25) is 0 Å². The lowest BCUT2D eigenvalue weighted by Crippen LogP contribution is -2.15. The molecule has 1 atom stereocenters. The molecule has 1 aromatic carbocycles. The van der Waals surface area contributed by atoms with Crippen LogP contribution in [-0.4, -0.2) is 6.10 Å².